The highest BCUT2D eigenvalue weighted by Gasteiger charge is 2.13. The van der Waals surface area contributed by atoms with Crippen LogP contribution in [0.4, 0.5) is 4.39 Å². The summed E-state index contributed by atoms with van der Waals surface area (Å²) >= 11 is 0. The first-order valence-electron chi connectivity index (χ1n) is 6.39. The number of aromatic amines is 1. The summed E-state index contributed by atoms with van der Waals surface area (Å²) in [7, 11) is 0. The highest BCUT2D eigenvalue weighted by molar-refractivity contribution is 5.66. The summed E-state index contributed by atoms with van der Waals surface area (Å²) < 4.78 is 13.6. The number of nitrogens with one attached hydrogen (secondary N) is 1. The number of rotatable bonds is 3. The van der Waals surface area contributed by atoms with Gasteiger partial charge >= 0.3 is 0 Å². The van der Waals surface area contributed by atoms with Crippen LogP contribution in [-0.4, -0.2) is 9.97 Å². The molecule has 4 heteroatoms. The average Bonchev–Trinajstić information content (AvgIpc) is 2.37. The van der Waals surface area contributed by atoms with Crippen molar-refractivity contribution < 1.29 is 4.39 Å². The molecule has 0 atom stereocenters. The summed E-state index contributed by atoms with van der Waals surface area (Å²) in [5.74, 6) is 0.368. The predicted octanol–water partition coefficient (Wildman–Crippen LogP) is 3.15. The average molecular weight is 260 g/mol. The third kappa shape index (κ3) is 2.57. The summed E-state index contributed by atoms with van der Waals surface area (Å²) in [6.07, 6.45) is 1.60. The molecule has 2 aromatic rings. The van der Waals surface area contributed by atoms with Gasteiger partial charge in [0, 0.05) is 17.5 Å². The van der Waals surface area contributed by atoms with Crippen LogP contribution in [0.1, 0.15) is 30.3 Å². The molecule has 0 aliphatic carbocycles. The van der Waals surface area contributed by atoms with Crippen molar-refractivity contribution in [3.63, 3.8) is 0 Å². The van der Waals surface area contributed by atoms with Crippen LogP contribution in [-0.2, 0) is 6.42 Å². The maximum atomic E-state index is 13.6. The van der Waals surface area contributed by atoms with E-state index in [4.69, 9.17) is 0 Å². The SMILES string of the molecule is CCCc1nc(-c2cccc(F)c2C)c(C)c(=O)[nH]1. The molecule has 0 bridgehead atoms. The van der Waals surface area contributed by atoms with Gasteiger partial charge in [-0.1, -0.05) is 19.1 Å². The van der Waals surface area contributed by atoms with Crippen LogP contribution in [0.25, 0.3) is 11.3 Å². The van der Waals surface area contributed by atoms with E-state index in [-0.39, 0.29) is 11.4 Å². The van der Waals surface area contributed by atoms with E-state index in [1.54, 1.807) is 26.0 Å². The zero-order chi connectivity index (χ0) is 14.0. The number of aryl methyl sites for hydroxylation is 1. The van der Waals surface area contributed by atoms with Crippen LogP contribution in [0.5, 0.6) is 0 Å². The predicted molar refractivity (Wildman–Crippen MR) is 73.7 cm³/mol. The monoisotopic (exact) mass is 260 g/mol. The lowest BCUT2D eigenvalue weighted by Gasteiger charge is -2.10. The maximum absolute atomic E-state index is 13.6. The molecule has 1 aromatic carbocycles. The molecule has 1 aromatic heterocycles. The second kappa shape index (κ2) is 5.34. The van der Waals surface area contributed by atoms with E-state index in [1.165, 1.54) is 6.07 Å². The van der Waals surface area contributed by atoms with Crippen LogP contribution in [0.3, 0.4) is 0 Å². The van der Waals surface area contributed by atoms with Crippen molar-refractivity contribution in [1.29, 1.82) is 0 Å². The van der Waals surface area contributed by atoms with E-state index in [0.717, 1.165) is 6.42 Å². The topological polar surface area (TPSA) is 45.8 Å². The van der Waals surface area contributed by atoms with Crippen molar-refractivity contribution in [2.24, 2.45) is 0 Å². The molecule has 0 aliphatic heterocycles. The molecule has 2 rings (SSSR count). The molecule has 19 heavy (non-hydrogen) atoms. The van der Waals surface area contributed by atoms with Crippen LogP contribution in [0.15, 0.2) is 23.0 Å². The van der Waals surface area contributed by atoms with Gasteiger partial charge < -0.3 is 4.98 Å². The first kappa shape index (κ1) is 13.5. The second-order valence-corrected chi connectivity index (χ2v) is 4.65. The van der Waals surface area contributed by atoms with Crippen molar-refractivity contribution in [3.8, 4) is 11.3 Å². The minimum Gasteiger partial charge on any atom is -0.310 e. The van der Waals surface area contributed by atoms with Gasteiger partial charge in [-0.25, -0.2) is 9.37 Å². The Morgan fingerprint density at radius 2 is 2.00 bits per heavy atom. The van der Waals surface area contributed by atoms with Crippen molar-refractivity contribution >= 4 is 0 Å². The zero-order valence-corrected chi connectivity index (χ0v) is 11.4. The molecule has 3 nitrogen and oxygen atoms in total. The van der Waals surface area contributed by atoms with Crippen molar-refractivity contribution in [2.45, 2.75) is 33.6 Å². The lowest BCUT2D eigenvalue weighted by atomic mass is 10.0. The van der Waals surface area contributed by atoms with E-state index in [0.29, 0.717) is 34.6 Å². The third-order valence-corrected chi connectivity index (χ3v) is 3.21. The highest BCUT2D eigenvalue weighted by atomic mass is 19.1. The molecule has 0 unspecified atom stereocenters. The first-order valence-corrected chi connectivity index (χ1v) is 6.39. The fourth-order valence-corrected chi connectivity index (χ4v) is 2.06. The second-order valence-electron chi connectivity index (χ2n) is 4.65. The molecule has 0 amide bonds. The zero-order valence-electron chi connectivity index (χ0n) is 11.4. The van der Waals surface area contributed by atoms with E-state index in [1.807, 2.05) is 6.92 Å². The Hall–Kier alpha value is -1.97. The Kier molecular flexibility index (Phi) is 3.79. The van der Waals surface area contributed by atoms with Gasteiger partial charge in [-0.2, -0.15) is 0 Å². The van der Waals surface area contributed by atoms with Crippen molar-refractivity contribution in [1.82, 2.24) is 9.97 Å². The number of halogens is 1. The summed E-state index contributed by atoms with van der Waals surface area (Å²) in [5.41, 5.74) is 2.14. The van der Waals surface area contributed by atoms with Crippen molar-refractivity contribution in [3.05, 3.63) is 51.3 Å². The van der Waals surface area contributed by atoms with Crippen LogP contribution in [0, 0.1) is 19.7 Å². The fourth-order valence-electron chi connectivity index (χ4n) is 2.06. The molecule has 1 heterocycles. The summed E-state index contributed by atoms with van der Waals surface area (Å²) in [4.78, 5) is 19.1. The van der Waals surface area contributed by atoms with Gasteiger partial charge in [0.25, 0.3) is 5.56 Å². The molecule has 1 N–H and O–H groups in total. The molecule has 0 saturated carbocycles. The van der Waals surface area contributed by atoms with Crippen molar-refractivity contribution in [2.75, 3.05) is 0 Å². The van der Waals surface area contributed by atoms with Crippen LogP contribution >= 0.6 is 0 Å². The molecule has 0 radical (unpaired) electrons. The number of benzene rings is 1. The number of aromatic nitrogens is 2. The van der Waals surface area contributed by atoms with E-state index in [9.17, 15) is 9.18 Å². The lowest BCUT2D eigenvalue weighted by molar-refractivity contribution is 0.619. The largest absolute Gasteiger partial charge is 0.310 e. The Bertz CT molecular complexity index is 662. The van der Waals surface area contributed by atoms with Gasteiger partial charge in [-0.05, 0) is 31.9 Å². The van der Waals surface area contributed by atoms with Gasteiger partial charge in [0.05, 0.1) is 5.69 Å². The lowest BCUT2D eigenvalue weighted by Crippen LogP contribution is -2.16. The molecule has 0 spiro atoms. The minimum atomic E-state index is -0.281. The molecule has 0 saturated heterocycles. The third-order valence-electron chi connectivity index (χ3n) is 3.21. The Morgan fingerprint density at radius 1 is 1.26 bits per heavy atom. The Balaban J connectivity index is 2.67. The smallest absolute Gasteiger partial charge is 0.254 e. The standard InChI is InChI=1S/C15H17FN2O/c1-4-6-13-17-14(10(3)15(19)18-13)11-7-5-8-12(16)9(11)2/h5,7-8H,4,6H2,1-3H3,(H,17,18,19). The molecular formula is C15H17FN2O. The van der Waals surface area contributed by atoms with E-state index < -0.39 is 0 Å². The molecule has 100 valence electrons. The number of nitrogens with zero attached hydrogens (tertiary/aromatic N) is 1. The molecule has 0 fully saturated rings. The Morgan fingerprint density at radius 3 is 2.68 bits per heavy atom. The number of hydrogen-bond donors (Lipinski definition) is 1. The highest BCUT2D eigenvalue weighted by Crippen LogP contribution is 2.24. The van der Waals surface area contributed by atoms with Gasteiger partial charge in [0.15, 0.2) is 0 Å². The van der Waals surface area contributed by atoms with Gasteiger partial charge in [0.2, 0.25) is 0 Å². The fraction of sp³-hybridized carbons (Fsp3) is 0.333. The van der Waals surface area contributed by atoms with E-state index in [2.05, 4.69) is 9.97 Å². The summed E-state index contributed by atoms with van der Waals surface area (Å²) in [5, 5.41) is 0. The summed E-state index contributed by atoms with van der Waals surface area (Å²) in [6.45, 7) is 5.43. The molecule has 0 aliphatic rings. The quantitative estimate of drug-likeness (QED) is 0.921. The number of hydrogen-bond acceptors (Lipinski definition) is 2. The van der Waals surface area contributed by atoms with Gasteiger partial charge in [0.1, 0.15) is 11.6 Å². The minimum absolute atomic E-state index is 0.155. The first-order chi connectivity index (χ1) is 9.04. The van der Waals surface area contributed by atoms with E-state index >= 15 is 0 Å². The molecular weight excluding hydrogens is 243 g/mol. The number of H-pyrrole nitrogens is 1. The summed E-state index contributed by atoms with van der Waals surface area (Å²) in [6, 6.07) is 4.84. The van der Waals surface area contributed by atoms with Crippen LogP contribution < -0.4 is 5.56 Å². The normalized spacial score (nSPS) is 10.7. The van der Waals surface area contributed by atoms with Gasteiger partial charge in [-0.3, -0.25) is 4.79 Å². The van der Waals surface area contributed by atoms with Crippen LogP contribution in [0.2, 0.25) is 0 Å². The van der Waals surface area contributed by atoms with Gasteiger partial charge in [-0.15, -0.1) is 0 Å². The maximum Gasteiger partial charge on any atom is 0.254 e. The Labute approximate surface area is 111 Å².